The number of carbonyl (C=O) groups is 2. The van der Waals surface area contributed by atoms with Crippen molar-refractivity contribution in [2.75, 3.05) is 51.1 Å². The summed E-state index contributed by atoms with van der Waals surface area (Å²) in [5.74, 6) is 0.707. The number of rotatable bonds is 6. The zero-order valence-electron chi connectivity index (χ0n) is 21.0. The van der Waals surface area contributed by atoms with Crippen LogP contribution in [0, 0.1) is 19.8 Å². The number of ether oxygens (including phenoxy) is 1. The van der Waals surface area contributed by atoms with Gasteiger partial charge in [-0.2, -0.15) is 0 Å². The minimum Gasteiger partial charge on any atom is -0.487 e. The number of hydrogen-bond donors (Lipinski definition) is 2. The van der Waals surface area contributed by atoms with E-state index in [0.29, 0.717) is 41.5 Å². The molecule has 1 aliphatic rings. The summed E-state index contributed by atoms with van der Waals surface area (Å²) >= 11 is 0. The summed E-state index contributed by atoms with van der Waals surface area (Å²) in [4.78, 5) is 31.4. The molecule has 0 spiro atoms. The number of nitrogens with zero attached hydrogens (tertiary/aromatic N) is 4. The molecule has 0 saturated heterocycles. The third-order valence-corrected chi connectivity index (χ3v) is 6.23. The first-order chi connectivity index (χ1) is 16.0. The number of likely N-dealkylation sites (N-methyl/N-ethyl adjacent to an activating group) is 1. The molecule has 1 aliphatic heterocycles. The van der Waals surface area contributed by atoms with Crippen molar-refractivity contribution in [3.63, 3.8) is 0 Å². The lowest BCUT2D eigenvalue weighted by Crippen LogP contribution is -2.50. The Labute approximate surface area is 200 Å². The second-order valence-corrected chi connectivity index (χ2v) is 9.21. The van der Waals surface area contributed by atoms with E-state index in [1.165, 1.54) is 0 Å². The number of benzene rings is 1. The van der Waals surface area contributed by atoms with Crippen LogP contribution in [0.4, 0.5) is 16.2 Å². The van der Waals surface area contributed by atoms with E-state index in [1.807, 2.05) is 38.9 Å². The fourth-order valence-corrected chi connectivity index (χ4v) is 3.92. The zero-order chi connectivity index (χ0) is 25.2. The van der Waals surface area contributed by atoms with Gasteiger partial charge in [0.2, 0.25) is 0 Å². The van der Waals surface area contributed by atoms with Gasteiger partial charge < -0.3 is 34.4 Å². The van der Waals surface area contributed by atoms with Crippen LogP contribution in [0.15, 0.2) is 22.7 Å². The molecule has 34 heavy (non-hydrogen) atoms. The third-order valence-electron chi connectivity index (χ3n) is 6.23. The van der Waals surface area contributed by atoms with E-state index in [2.05, 4.69) is 10.5 Å². The van der Waals surface area contributed by atoms with Crippen molar-refractivity contribution in [2.45, 2.75) is 39.8 Å². The van der Waals surface area contributed by atoms with Gasteiger partial charge in [-0.1, -0.05) is 12.1 Å². The predicted molar refractivity (Wildman–Crippen MR) is 130 cm³/mol. The van der Waals surface area contributed by atoms with Gasteiger partial charge in [0, 0.05) is 39.3 Å². The average molecular weight is 474 g/mol. The largest absolute Gasteiger partial charge is 0.487 e. The van der Waals surface area contributed by atoms with Crippen LogP contribution in [0.1, 0.15) is 35.7 Å². The number of hydrogen-bond acceptors (Lipinski definition) is 7. The minimum atomic E-state index is -0.383. The molecule has 0 bridgehead atoms. The third kappa shape index (κ3) is 5.27. The van der Waals surface area contributed by atoms with E-state index in [4.69, 9.17) is 9.26 Å². The van der Waals surface area contributed by atoms with Crippen LogP contribution in [-0.4, -0.2) is 85.0 Å². The molecular formula is C24H35N5O5. The first-order valence-corrected chi connectivity index (χ1v) is 11.4. The van der Waals surface area contributed by atoms with Gasteiger partial charge in [-0.3, -0.25) is 4.79 Å². The number of aromatic nitrogens is 1. The lowest BCUT2D eigenvalue weighted by Gasteiger charge is -2.38. The van der Waals surface area contributed by atoms with Crippen LogP contribution in [-0.2, 0) is 0 Å². The fraction of sp³-hybridized carbons (Fsp3) is 0.542. The molecule has 3 rings (SSSR count). The van der Waals surface area contributed by atoms with Crippen molar-refractivity contribution >= 4 is 23.3 Å². The number of fused-ring (bicyclic) bond motifs is 1. The van der Waals surface area contributed by atoms with E-state index in [1.54, 1.807) is 42.8 Å². The Balaban J connectivity index is 1.88. The number of urea groups is 1. The number of nitrogens with one attached hydrogen (secondary N) is 1. The second-order valence-electron chi connectivity index (χ2n) is 9.21. The Morgan fingerprint density at radius 1 is 1.32 bits per heavy atom. The van der Waals surface area contributed by atoms with Crippen molar-refractivity contribution in [3.8, 4) is 5.75 Å². The van der Waals surface area contributed by atoms with Gasteiger partial charge in [-0.25, -0.2) is 4.79 Å². The first kappa shape index (κ1) is 25.4. The number of amides is 3. The van der Waals surface area contributed by atoms with E-state index in [9.17, 15) is 14.7 Å². The smallest absolute Gasteiger partial charge is 0.321 e. The minimum absolute atomic E-state index is 0.103. The van der Waals surface area contributed by atoms with Crippen molar-refractivity contribution in [3.05, 3.63) is 35.2 Å². The quantitative estimate of drug-likeness (QED) is 0.664. The number of anilines is 2. The highest BCUT2D eigenvalue weighted by molar-refractivity contribution is 5.98. The van der Waals surface area contributed by atoms with Crippen LogP contribution in [0.3, 0.4) is 0 Å². The predicted octanol–water partition coefficient (Wildman–Crippen LogP) is 2.74. The molecular weight excluding hydrogens is 438 g/mol. The van der Waals surface area contributed by atoms with E-state index >= 15 is 0 Å². The second kappa shape index (κ2) is 10.3. The molecule has 3 amide bonds. The van der Waals surface area contributed by atoms with Crippen molar-refractivity contribution < 1.29 is 24.0 Å². The van der Waals surface area contributed by atoms with Crippen molar-refractivity contribution in [2.24, 2.45) is 5.92 Å². The number of aliphatic hydroxyl groups excluding tert-OH is 1. The molecule has 0 fully saturated rings. The molecule has 0 saturated carbocycles. The topological polar surface area (TPSA) is 111 Å². The highest BCUT2D eigenvalue weighted by Crippen LogP contribution is 2.31. The van der Waals surface area contributed by atoms with E-state index in [0.717, 1.165) is 5.69 Å². The van der Waals surface area contributed by atoms with E-state index < -0.39 is 0 Å². The van der Waals surface area contributed by atoms with Crippen LogP contribution in [0.25, 0.3) is 0 Å². The summed E-state index contributed by atoms with van der Waals surface area (Å²) in [6, 6.07) is 4.82. The van der Waals surface area contributed by atoms with Crippen LogP contribution in [0.2, 0.25) is 0 Å². The Morgan fingerprint density at radius 3 is 2.62 bits per heavy atom. The molecule has 1 aromatic heterocycles. The maximum atomic E-state index is 13.4. The highest BCUT2D eigenvalue weighted by Gasteiger charge is 2.34. The molecule has 2 aromatic rings. The van der Waals surface area contributed by atoms with Gasteiger partial charge in [0.05, 0.1) is 24.8 Å². The molecule has 0 radical (unpaired) electrons. The molecule has 10 heteroatoms. The lowest BCUT2D eigenvalue weighted by atomic mass is 9.99. The van der Waals surface area contributed by atoms with Gasteiger partial charge in [0.25, 0.3) is 5.91 Å². The lowest BCUT2D eigenvalue weighted by molar-refractivity contribution is 0.0371. The molecule has 2 heterocycles. The summed E-state index contributed by atoms with van der Waals surface area (Å²) in [6.45, 7) is 7.83. The van der Waals surface area contributed by atoms with Crippen LogP contribution >= 0.6 is 0 Å². The summed E-state index contributed by atoms with van der Waals surface area (Å²) < 4.78 is 11.5. The Hall–Kier alpha value is -3.27. The first-order valence-electron chi connectivity index (χ1n) is 11.4. The molecule has 2 N–H and O–H groups in total. The molecule has 186 valence electrons. The monoisotopic (exact) mass is 473 g/mol. The SMILES string of the molecule is Cc1noc(C)c1NC(=O)N(C)C[C@H]1Oc2ccc(N(C)C)cc2C(=O)N([C@@H](C)CO)C[C@@H]1C. The summed E-state index contributed by atoms with van der Waals surface area (Å²) in [5, 5.41) is 16.5. The maximum Gasteiger partial charge on any atom is 0.321 e. The average Bonchev–Trinajstić information content (AvgIpc) is 3.12. The summed E-state index contributed by atoms with van der Waals surface area (Å²) in [5.41, 5.74) is 2.46. The van der Waals surface area contributed by atoms with Gasteiger partial charge in [-0.05, 0) is 39.0 Å². The van der Waals surface area contributed by atoms with Gasteiger partial charge in [0.1, 0.15) is 23.2 Å². The Kier molecular flexibility index (Phi) is 7.71. The molecule has 0 aliphatic carbocycles. The Bertz CT molecular complexity index is 1020. The maximum absolute atomic E-state index is 13.4. The van der Waals surface area contributed by atoms with Crippen molar-refractivity contribution in [1.29, 1.82) is 0 Å². The normalized spacial score (nSPS) is 18.9. The number of aliphatic hydroxyl groups is 1. The fourth-order valence-electron chi connectivity index (χ4n) is 3.92. The molecule has 10 nitrogen and oxygen atoms in total. The van der Waals surface area contributed by atoms with Crippen LogP contribution in [0.5, 0.6) is 5.75 Å². The summed E-state index contributed by atoms with van der Waals surface area (Å²) in [6.07, 6.45) is -0.383. The van der Waals surface area contributed by atoms with Gasteiger partial charge >= 0.3 is 6.03 Å². The number of carbonyl (C=O) groups excluding carboxylic acids is 2. The van der Waals surface area contributed by atoms with Gasteiger partial charge in [0.15, 0.2) is 5.76 Å². The van der Waals surface area contributed by atoms with Crippen LogP contribution < -0.4 is 15.0 Å². The highest BCUT2D eigenvalue weighted by atomic mass is 16.5. The molecule has 3 atom stereocenters. The Morgan fingerprint density at radius 2 is 2.03 bits per heavy atom. The van der Waals surface area contributed by atoms with Crippen molar-refractivity contribution in [1.82, 2.24) is 15.0 Å². The van der Waals surface area contributed by atoms with Gasteiger partial charge in [-0.15, -0.1) is 0 Å². The zero-order valence-corrected chi connectivity index (χ0v) is 21.0. The molecule has 0 unspecified atom stereocenters. The summed E-state index contributed by atoms with van der Waals surface area (Å²) in [7, 11) is 5.50. The van der Waals surface area contributed by atoms with E-state index in [-0.39, 0.29) is 36.6 Å². The molecule has 1 aromatic carbocycles. The number of aryl methyl sites for hydroxylation is 2. The standard InChI is InChI=1S/C24H35N5O5/c1-14-11-29(15(2)13-30)23(31)19-10-18(27(5)6)8-9-20(19)33-21(14)12-28(7)24(32)25-22-16(3)26-34-17(22)4/h8-10,14-15,21,30H,11-13H2,1-7H3,(H,25,32)/t14-,15-,21+/m0/s1.